The Morgan fingerprint density at radius 2 is 1.75 bits per heavy atom. The molecule has 13 heteroatoms. The molecule has 1 aromatic carbocycles. The monoisotopic (exact) mass is 557 g/mol. The van der Waals surface area contributed by atoms with E-state index in [0.717, 1.165) is 11.1 Å². The van der Waals surface area contributed by atoms with Crippen molar-refractivity contribution in [1.29, 1.82) is 5.26 Å². The van der Waals surface area contributed by atoms with E-state index >= 15 is 0 Å². The highest BCUT2D eigenvalue weighted by Gasteiger charge is 2.30. The van der Waals surface area contributed by atoms with Gasteiger partial charge in [-0.15, -0.1) is 0 Å². The number of primary sulfonamides is 1. The van der Waals surface area contributed by atoms with Gasteiger partial charge >= 0.3 is 0 Å². The van der Waals surface area contributed by atoms with E-state index in [1.54, 1.807) is 0 Å². The highest BCUT2D eigenvalue weighted by molar-refractivity contribution is 7.89. The zero-order valence-corrected chi connectivity index (χ0v) is 22.1. The van der Waals surface area contributed by atoms with Crippen LogP contribution in [0.1, 0.15) is 28.8 Å². The molecule has 40 heavy (non-hydrogen) atoms. The third-order valence-corrected chi connectivity index (χ3v) is 7.39. The van der Waals surface area contributed by atoms with Crippen LogP contribution in [0.4, 0.5) is 0 Å². The van der Waals surface area contributed by atoms with Crippen LogP contribution in [0.5, 0.6) is 5.75 Å². The standard InChI is InChI=1S/C27H23N7O5S/c1-39-21-15-31-23(18-12-32-27(33-13-18)40(29,37)38)24-22(21)20(14-30-24)25(35)26(36)34-9-7-17(8-10-34)19(11-28)16-5-3-2-4-6-16/h2-6,12-15,30H,7-10H2,1H3,(H2,29,37,38). The number of H-pyrrole nitrogens is 1. The van der Waals surface area contributed by atoms with Crippen LogP contribution in [0.25, 0.3) is 27.7 Å². The molecule has 0 radical (unpaired) electrons. The topological polar surface area (TPSA) is 185 Å². The van der Waals surface area contributed by atoms with Gasteiger partial charge in [0.05, 0.1) is 47.1 Å². The molecule has 4 heterocycles. The number of benzene rings is 1. The second kappa shape index (κ2) is 10.7. The van der Waals surface area contributed by atoms with Crippen LogP contribution in [0.15, 0.2) is 65.8 Å². The Labute approximate surface area is 229 Å². The molecule has 202 valence electrons. The lowest BCUT2D eigenvalue weighted by atomic mass is 9.93. The molecule has 1 fully saturated rings. The highest BCUT2D eigenvalue weighted by atomic mass is 32.2. The Kier molecular flexibility index (Phi) is 7.12. The van der Waals surface area contributed by atoms with Gasteiger partial charge in [-0.05, 0) is 24.0 Å². The number of ketones is 1. The van der Waals surface area contributed by atoms with Crippen molar-refractivity contribution in [3.63, 3.8) is 0 Å². The predicted molar refractivity (Wildman–Crippen MR) is 144 cm³/mol. The van der Waals surface area contributed by atoms with Crippen LogP contribution < -0.4 is 9.88 Å². The maximum absolute atomic E-state index is 13.4. The van der Waals surface area contributed by atoms with Crippen molar-refractivity contribution in [2.45, 2.75) is 18.0 Å². The van der Waals surface area contributed by atoms with E-state index in [2.05, 4.69) is 26.0 Å². The van der Waals surface area contributed by atoms with Gasteiger partial charge < -0.3 is 14.6 Å². The summed E-state index contributed by atoms with van der Waals surface area (Å²) in [6.07, 6.45) is 6.27. The Bertz CT molecular complexity index is 1800. The Balaban J connectivity index is 1.42. The van der Waals surface area contributed by atoms with Crippen molar-refractivity contribution in [2.75, 3.05) is 20.2 Å². The fourth-order valence-corrected chi connectivity index (χ4v) is 5.10. The first-order valence-corrected chi connectivity index (χ1v) is 13.7. The Morgan fingerprint density at radius 1 is 1.07 bits per heavy atom. The minimum absolute atomic E-state index is 0.103. The molecule has 0 bridgehead atoms. The number of methoxy groups -OCH3 is 1. The van der Waals surface area contributed by atoms with Gasteiger partial charge in [0.2, 0.25) is 0 Å². The number of aromatic nitrogens is 4. The summed E-state index contributed by atoms with van der Waals surface area (Å²) < 4.78 is 28.4. The van der Waals surface area contributed by atoms with Gasteiger partial charge in [0.15, 0.2) is 0 Å². The van der Waals surface area contributed by atoms with E-state index in [9.17, 15) is 23.3 Å². The first kappa shape index (κ1) is 26.7. The van der Waals surface area contributed by atoms with Crippen LogP contribution >= 0.6 is 0 Å². The molecule has 3 N–H and O–H groups in total. The van der Waals surface area contributed by atoms with Crippen LogP contribution in [0, 0.1) is 11.3 Å². The number of nitriles is 1. The maximum Gasteiger partial charge on any atom is 0.295 e. The van der Waals surface area contributed by atoms with E-state index in [1.807, 2.05) is 30.3 Å². The molecule has 1 aliphatic rings. The van der Waals surface area contributed by atoms with E-state index in [-0.39, 0.29) is 11.3 Å². The van der Waals surface area contributed by atoms with Crippen molar-refractivity contribution in [3.05, 3.63) is 71.8 Å². The second-order valence-corrected chi connectivity index (χ2v) is 10.5. The molecule has 4 aromatic rings. The number of sulfonamides is 1. The molecule has 5 rings (SSSR count). The lowest BCUT2D eigenvalue weighted by molar-refractivity contribution is -0.126. The predicted octanol–water partition coefficient (Wildman–Crippen LogP) is 2.46. The number of hydrogen-bond acceptors (Lipinski definition) is 9. The SMILES string of the molecule is COc1cnc(-c2cnc(S(N)(=O)=O)nc2)c2[nH]cc(C(=O)C(=O)N3CCC(=C(C#N)c4ccccc4)CC3)c12. The van der Waals surface area contributed by atoms with Crippen LogP contribution in [0.2, 0.25) is 0 Å². The number of hydrogen-bond donors (Lipinski definition) is 2. The lowest BCUT2D eigenvalue weighted by Gasteiger charge is -2.28. The smallest absolute Gasteiger partial charge is 0.295 e. The third-order valence-electron chi connectivity index (χ3n) is 6.67. The summed E-state index contributed by atoms with van der Waals surface area (Å²) in [5.74, 6) is -1.12. The minimum atomic E-state index is -4.08. The Hall–Kier alpha value is -4.93. The molecule has 0 unspecified atom stereocenters. The molecular formula is C27H23N7O5S. The number of fused-ring (bicyclic) bond motifs is 1. The average molecular weight is 558 g/mol. The molecule has 3 aromatic heterocycles. The van der Waals surface area contributed by atoms with Crippen molar-refractivity contribution >= 4 is 38.2 Å². The molecule has 0 atom stereocenters. The maximum atomic E-state index is 13.4. The Morgan fingerprint density at radius 3 is 2.35 bits per heavy atom. The number of nitrogens with zero attached hydrogens (tertiary/aromatic N) is 5. The quantitative estimate of drug-likeness (QED) is 0.155. The summed E-state index contributed by atoms with van der Waals surface area (Å²) >= 11 is 0. The number of carbonyl (C=O) groups excluding carboxylic acids is 2. The summed E-state index contributed by atoms with van der Waals surface area (Å²) in [5, 5.41) is 14.6. The van der Waals surface area contributed by atoms with Gasteiger partial charge in [0.25, 0.3) is 26.9 Å². The van der Waals surface area contributed by atoms with Crippen molar-refractivity contribution < 1.29 is 22.7 Å². The molecule has 0 aliphatic carbocycles. The largest absolute Gasteiger partial charge is 0.494 e. The van der Waals surface area contributed by atoms with E-state index in [4.69, 9.17) is 9.88 Å². The van der Waals surface area contributed by atoms with Crippen LogP contribution in [-0.2, 0) is 14.8 Å². The fourth-order valence-electron chi connectivity index (χ4n) is 4.70. The van der Waals surface area contributed by atoms with Crippen molar-refractivity contribution in [1.82, 2.24) is 24.8 Å². The normalized spacial score (nSPS) is 13.6. The number of Topliss-reactive ketones (excluding diaryl/α,β-unsaturated/α-hetero) is 1. The highest BCUT2D eigenvalue weighted by Crippen LogP contribution is 2.35. The molecule has 0 spiro atoms. The number of ether oxygens (including phenoxy) is 1. The number of nitrogens with one attached hydrogen (secondary N) is 1. The first-order chi connectivity index (χ1) is 19.2. The molecule has 0 saturated carbocycles. The molecule has 12 nitrogen and oxygen atoms in total. The minimum Gasteiger partial charge on any atom is -0.494 e. The lowest BCUT2D eigenvalue weighted by Crippen LogP contribution is -2.40. The van der Waals surface area contributed by atoms with Gasteiger partial charge in [-0.25, -0.2) is 23.5 Å². The van der Waals surface area contributed by atoms with E-state index in [0.29, 0.717) is 53.7 Å². The molecular weight excluding hydrogens is 534 g/mol. The van der Waals surface area contributed by atoms with Gasteiger partial charge in [0, 0.05) is 37.2 Å². The summed E-state index contributed by atoms with van der Waals surface area (Å²) in [7, 11) is -2.66. The fraction of sp³-hybridized carbons (Fsp3) is 0.185. The first-order valence-electron chi connectivity index (χ1n) is 12.1. The number of nitrogens with two attached hydrogens (primary N) is 1. The van der Waals surface area contributed by atoms with Crippen molar-refractivity contribution in [2.24, 2.45) is 5.14 Å². The van der Waals surface area contributed by atoms with Crippen LogP contribution in [-0.4, -0.2) is 65.1 Å². The number of pyridine rings is 1. The number of likely N-dealkylation sites (tertiary alicyclic amines) is 1. The van der Waals surface area contributed by atoms with Gasteiger partial charge in [-0.2, -0.15) is 5.26 Å². The average Bonchev–Trinajstić information content (AvgIpc) is 3.42. The van der Waals surface area contributed by atoms with Gasteiger partial charge in [-0.1, -0.05) is 30.3 Å². The third kappa shape index (κ3) is 4.93. The zero-order chi connectivity index (χ0) is 28.4. The molecule has 1 aliphatic heterocycles. The summed E-state index contributed by atoms with van der Waals surface area (Å²) in [6, 6.07) is 11.6. The summed E-state index contributed by atoms with van der Waals surface area (Å²) in [6.45, 7) is 0.607. The van der Waals surface area contributed by atoms with Gasteiger partial charge in [0.1, 0.15) is 5.75 Å². The zero-order valence-electron chi connectivity index (χ0n) is 21.3. The van der Waals surface area contributed by atoms with Gasteiger partial charge in [-0.3, -0.25) is 14.6 Å². The van der Waals surface area contributed by atoms with Crippen LogP contribution in [0.3, 0.4) is 0 Å². The summed E-state index contributed by atoms with van der Waals surface area (Å²) in [5.41, 5.74) is 3.54. The summed E-state index contributed by atoms with van der Waals surface area (Å²) in [4.78, 5) is 43.1. The number of carbonyl (C=O) groups is 2. The van der Waals surface area contributed by atoms with Crippen molar-refractivity contribution in [3.8, 4) is 23.1 Å². The number of amides is 1. The van der Waals surface area contributed by atoms with E-state index in [1.165, 1.54) is 36.8 Å². The number of rotatable bonds is 6. The van der Waals surface area contributed by atoms with E-state index < -0.39 is 26.9 Å². The second-order valence-electron chi connectivity index (χ2n) is 9.00. The number of piperidine rings is 1. The molecule has 1 amide bonds. The molecule has 1 saturated heterocycles. The number of aromatic amines is 1. The number of allylic oxidation sites excluding steroid dienone is 1.